The molecule has 3 N–H and O–H groups in total. The van der Waals surface area contributed by atoms with E-state index in [1.54, 1.807) is 14.2 Å². The van der Waals surface area contributed by atoms with Gasteiger partial charge in [-0.2, -0.15) is 5.48 Å². The summed E-state index contributed by atoms with van der Waals surface area (Å²) in [6.07, 6.45) is 8.18. The lowest BCUT2D eigenvalue weighted by molar-refractivity contribution is -0.00994. The molecule has 1 heterocycles. The fraction of sp³-hybridized carbons (Fsp3) is 0.462. The van der Waals surface area contributed by atoms with Gasteiger partial charge in [0.25, 0.3) is 0 Å². The number of rotatable bonds is 12. The van der Waals surface area contributed by atoms with Crippen molar-refractivity contribution >= 4 is 0 Å². The summed E-state index contributed by atoms with van der Waals surface area (Å²) in [7, 11) is 3.44. The molecule has 0 bridgehead atoms. The number of benzene rings is 2. The van der Waals surface area contributed by atoms with Gasteiger partial charge in [0.1, 0.15) is 5.60 Å². The summed E-state index contributed by atoms with van der Waals surface area (Å²) in [6.45, 7) is 4.52. The number of methoxy groups -OCH3 is 1. The van der Waals surface area contributed by atoms with Gasteiger partial charge in [-0.25, -0.2) is 0 Å². The summed E-state index contributed by atoms with van der Waals surface area (Å²) in [5, 5.41) is 0. The van der Waals surface area contributed by atoms with Gasteiger partial charge < -0.3 is 15.3 Å². The molecule has 0 aliphatic carbocycles. The maximum absolute atomic E-state index is 6.62. The van der Waals surface area contributed by atoms with Gasteiger partial charge in [0.2, 0.25) is 0 Å². The van der Waals surface area contributed by atoms with Crippen molar-refractivity contribution in [1.82, 2.24) is 10.4 Å². The normalized spacial score (nSPS) is 22.5. The number of likely N-dealkylation sites (tertiary alicyclic amines) is 1. The quantitative estimate of drug-likeness (QED) is 0.292. The third-order valence-corrected chi connectivity index (χ3v) is 6.36. The Labute approximate surface area is 187 Å². The van der Waals surface area contributed by atoms with E-state index in [4.69, 9.17) is 15.3 Å². The first-order valence-electron chi connectivity index (χ1n) is 11.3. The Balaban J connectivity index is 1.73. The minimum absolute atomic E-state index is 0.00178. The molecule has 5 heteroatoms. The summed E-state index contributed by atoms with van der Waals surface area (Å²) >= 11 is 0. The van der Waals surface area contributed by atoms with E-state index in [2.05, 4.69) is 65.5 Å². The van der Waals surface area contributed by atoms with E-state index < -0.39 is 5.60 Å². The van der Waals surface area contributed by atoms with Crippen LogP contribution in [0.5, 0.6) is 0 Å². The molecule has 2 aromatic carbocycles. The van der Waals surface area contributed by atoms with E-state index in [-0.39, 0.29) is 12.3 Å². The number of ether oxygens (including phenoxy) is 1. The summed E-state index contributed by atoms with van der Waals surface area (Å²) in [5.41, 5.74) is 12.9. The molecular formula is C26H37N3O2. The van der Waals surface area contributed by atoms with Crippen molar-refractivity contribution in [3.63, 3.8) is 0 Å². The first kappa shape index (κ1) is 23.6. The molecule has 3 atom stereocenters. The largest absolute Gasteiger partial charge is 0.372 e. The van der Waals surface area contributed by atoms with Crippen LogP contribution in [0.3, 0.4) is 0 Å². The second-order valence-electron chi connectivity index (χ2n) is 8.35. The summed E-state index contributed by atoms with van der Waals surface area (Å²) in [5.74, 6) is 0. The maximum atomic E-state index is 6.62. The highest BCUT2D eigenvalue weighted by molar-refractivity contribution is 5.63. The Kier molecular flexibility index (Phi) is 8.81. The lowest BCUT2D eigenvalue weighted by atomic mass is 9.90. The highest BCUT2D eigenvalue weighted by Crippen LogP contribution is 2.39. The minimum Gasteiger partial charge on any atom is -0.372 e. The number of nitrogens with two attached hydrogens (primary N) is 1. The van der Waals surface area contributed by atoms with Gasteiger partial charge in [-0.1, -0.05) is 73.5 Å². The second kappa shape index (κ2) is 11.6. The van der Waals surface area contributed by atoms with Crippen molar-refractivity contribution in [2.24, 2.45) is 5.73 Å². The maximum Gasteiger partial charge on any atom is 0.108 e. The predicted octanol–water partition coefficient (Wildman–Crippen LogP) is 4.80. The molecule has 1 aliphatic rings. The van der Waals surface area contributed by atoms with Gasteiger partial charge in [-0.15, -0.1) is 6.58 Å². The van der Waals surface area contributed by atoms with Crippen LogP contribution >= 0.6 is 0 Å². The zero-order chi connectivity index (χ0) is 22.1. The molecule has 1 saturated heterocycles. The monoisotopic (exact) mass is 423 g/mol. The zero-order valence-electron chi connectivity index (χ0n) is 18.9. The molecule has 168 valence electrons. The highest BCUT2D eigenvalue weighted by atomic mass is 16.6. The third-order valence-electron chi connectivity index (χ3n) is 6.36. The molecule has 0 spiro atoms. The van der Waals surface area contributed by atoms with Crippen LogP contribution in [0, 0.1) is 0 Å². The average molecular weight is 424 g/mol. The van der Waals surface area contributed by atoms with Crippen LogP contribution in [0.1, 0.15) is 44.1 Å². The predicted molar refractivity (Wildman–Crippen MR) is 127 cm³/mol. The first-order valence-corrected chi connectivity index (χ1v) is 11.3. The Bertz CT molecular complexity index is 796. The van der Waals surface area contributed by atoms with Gasteiger partial charge in [0.05, 0.1) is 19.4 Å². The number of hydrogen-bond donors (Lipinski definition) is 2. The smallest absolute Gasteiger partial charge is 0.108 e. The van der Waals surface area contributed by atoms with Gasteiger partial charge in [0.15, 0.2) is 0 Å². The van der Waals surface area contributed by atoms with Crippen molar-refractivity contribution < 1.29 is 9.57 Å². The number of allylic oxidation sites excluding steroid dienone is 1. The van der Waals surface area contributed by atoms with Gasteiger partial charge in [-0.3, -0.25) is 4.90 Å². The first-order chi connectivity index (χ1) is 15.1. The number of unbranched alkanes of at least 4 members (excludes halogenated alkanes) is 3. The van der Waals surface area contributed by atoms with E-state index >= 15 is 0 Å². The SMILES string of the molecule is C=CCCCCC[C@H](N)N1C[C@](OC)(c2ccc(-c3ccccc3)cc2)CC1NOC. The molecule has 2 aromatic rings. The van der Waals surface area contributed by atoms with E-state index in [0.29, 0.717) is 0 Å². The fourth-order valence-electron chi connectivity index (χ4n) is 4.55. The molecule has 1 aliphatic heterocycles. The molecule has 1 fully saturated rings. The van der Waals surface area contributed by atoms with Crippen LogP contribution in [0.25, 0.3) is 11.1 Å². The number of nitrogens with one attached hydrogen (secondary N) is 1. The molecule has 1 unspecified atom stereocenters. The van der Waals surface area contributed by atoms with E-state index in [1.807, 2.05) is 12.1 Å². The van der Waals surface area contributed by atoms with Crippen molar-refractivity contribution in [2.45, 2.75) is 56.5 Å². The van der Waals surface area contributed by atoms with Crippen LogP contribution in [-0.2, 0) is 15.2 Å². The van der Waals surface area contributed by atoms with Crippen molar-refractivity contribution in [3.05, 3.63) is 72.8 Å². The lowest BCUT2D eigenvalue weighted by Crippen LogP contribution is -2.50. The number of hydrogen-bond acceptors (Lipinski definition) is 5. The van der Waals surface area contributed by atoms with Crippen molar-refractivity contribution in [2.75, 3.05) is 20.8 Å². The topological polar surface area (TPSA) is 59.8 Å². The molecular weight excluding hydrogens is 386 g/mol. The van der Waals surface area contributed by atoms with Gasteiger partial charge in [0, 0.05) is 20.1 Å². The number of nitrogens with zero attached hydrogens (tertiary/aromatic N) is 1. The third kappa shape index (κ3) is 5.82. The summed E-state index contributed by atoms with van der Waals surface area (Å²) in [4.78, 5) is 7.58. The van der Waals surface area contributed by atoms with Crippen molar-refractivity contribution in [3.8, 4) is 11.1 Å². The van der Waals surface area contributed by atoms with E-state index in [1.165, 1.54) is 29.5 Å². The van der Waals surface area contributed by atoms with Gasteiger partial charge in [-0.05, 0) is 36.0 Å². The standard InChI is InChI=1S/C26H37N3O2/c1-4-5-6-7-11-14-24(27)29-20-26(30-2,19-25(29)28-31-3)23-17-15-22(16-18-23)21-12-9-8-10-13-21/h4,8-10,12-13,15-18,24-25,28H,1,5-7,11,14,19-20,27H2,2-3H3/t24-,25?,26+/m1/s1. The molecule has 0 radical (unpaired) electrons. The Morgan fingerprint density at radius 2 is 1.81 bits per heavy atom. The van der Waals surface area contributed by atoms with Crippen molar-refractivity contribution in [1.29, 1.82) is 0 Å². The van der Waals surface area contributed by atoms with E-state index in [9.17, 15) is 0 Å². The van der Waals surface area contributed by atoms with Crippen LogP contribution < -0.4 is 11.2 Å². The molecule has 0 aromatic heterocycles. The highest BCUT2D eigenvalue weighted by Gasteiger charge is 2.47. The minimum atomic E-state index is -0.425. The van der Waals surface area contributed by atoms with Crippen LogP contribution in [-0.4, -0.2) is 38.0 Å². The summed E-state index contributed by atoms with van der Waals surface area (Å²) < 4.78 is 6.14. The molecule has 0 amide bonds. The average Bonchev–Trinajstić information content (AvgIpc) is 3.20. The fourth-order valence-corrected chi connectivity index (χ4v) is 4.55. The molecule has 3 rings (SSSR count). The molecule has 31 heavy (non-hydrogen) atoms. The number of hydroxylamine groups is 1. The lowest BCUT2D eigenvalue weighted by Gasteiger charge is -2.31. The second-order valence-corrected chi connectivity index (χ2v) is 8.35. The Morgan fingerprint density at radius 3 is 2.45 bits per heavy atom. The Hall–Kier alpha value is -2.02. The molecule has 5 nitrogen and oxygen atoms in total. The van der Waals surface area contributed by atoms with Crippen LogP contribution in [0.15, 0.2) is 67.3 Å². The summed E-state index contributed by atoms with van der Waals surface area (Å²) in [6, 6.07) is 19.1. The van der Waals surface area contributed by atoms with Crippen LogP contribution in [0.2, 0.25) is 0 Å². The van der Waals surface area contributed by atoms with E-state index in [0.717, 1.165) is 32.2 Å². The van der Waals surface area contributed by atoms with Crippen LogP contribution in [0.4, 0.5) is 0 Å². The van der Waals surface area contributed by atoms with Gasteiger partial charge >= 0.3 is 0 Å². The zero-order valence-corrected chi connectivity index (χ0v) is 18.9. The molecule has 0 saturated carbocycles. The Morgan fingerprint density at radius 1 is 1.10 bits per heavy atom.